The summed E-state index contributed by atoms with van der Waals surface area (Å²) in [6.07, 6.45) is 1.49. The second-order valence-corrected chi connectivity index (χ2v) is 11.2. The predicted octanol–water partition coefficient (Wildman–Crippen LogP) is 5.55. The molecule has 1 aliphatic heterocycles. The summed E-state index contributed by atoms with van der Waals surface area (Å²) in [4.78, 5) is 4.42. The number of pyridine rings is 1. The largest absolute Gasteiger partial charge is 0.383 e. The number of alkyl halides is 2. The van der Waals surface area contributed by atoms with E-state index in [0.29, 0.717) is 58.5 Å². The summed E-state index contributed by atoms with van der Waals surface area (Å²) in [5.74, 6) is 0. The van der Waals surface area contributed by atoms with Crippen molar-refractivity contribution in [2.75, 3.05) is 17.2 Å². The molecule has 200 valence electrons. The Morgan fingerprint density at radius 1 is 1.10 bits per heavy atom. The number of hydrogen-bond donors (Lipinski definition) is 4. The molecule has 0 unspecified atom stereocenters. The Hall–Kier alpha value is -4.41. The number of halogens is 2. The van der Waals surface area contributed by atoms with Crippen LogP contribution in [0.5, 0.6) is 0 Å². The molecule has 1 aliphatic carbocycles. The fourth-order valence-corrected chi connectivity index (χ4v) is 4.66. The van der Waals surface area contributed by atoms with E-state index >= 15 is 0 Å². The Labute approximate surface area is 226 Å². The number of rotatable bonds is 8. The van der Waals surface area contributed by atoms with Gasteiger partial charge in [-0.15, -0.1) is 5.53 Å². The van der Waals surface area contributed by atoms with Gasteiger partial charge in [-0.1, -0.05) is 51.1 Å². The first-order valence-corrected chi connectivity index (χ1v) is 12.8. The van der Waals surface area contributed by atoms with E-state index in [1.54, 1.807) is 12.3 Å². The summed E-state index contributed by atoms with van der Waals surface area (Å²) in [5.41, 5.74) is 8.73. The van der Waals surface area contributed by atoms with E-state index in [9.17, 15) is 19.3 Å². The molecule has 2 heterocycles. The summed E-state index contributed by atoms with van der Waals surface area (Å²) in [6, 6.07) is 17.2. The van der Waals surface area contributed by atoms with Gasteiger partial charge in [-0.25, -0.2) is 8.78 Å². The molecule has 8 nitrogen and oxygen atoms in total. The molecule has 1 atom stereocenters. The molecule has 1 aromatic heterocycles. The van der Waals surface area contributed by atoms with E-state index in [1.807, 2.05) is 36.4 Å². The lowest BCUT2D eigenvalue weighted by molar-refractivity contribution is 0.00911. The van der Waals surface area contributed by atoms with Crippen LogP contribution in [0.1, 0.15) is 56.3 Å². The van der Waals surface area contributed by atoms with Crippen molar-refractivity contribution in [1.29, 1.82) is 10.5 Å². The average Bonchev–Trinajstić information content (AvgIpc) is 3.60. The van der Waals surface area contributed by atoms with E-state index in [-0.39, 0.29) is 5.41 Å². The van der Waals surface area contributed by atoms with Crippen LogP contribution in [0.3, 0.4) is 0 Å². The van der Waals surface area contributed by atoms with Crippen LogP contribution in [0.15, 0.2) is 60.6 Å². The van der Waals surface area contributed by atoms with E-state index in [0.717, 1.165) is 5.56 Å². The number of benzene rings is 2. The van der Waals surface area contributed by atoms with E-state index in [1.165, 1.54) is 11.2 Å². The molecule has 0 spiro atoms. The van der Waals surface area contributed by atoms with Gasteiger partial charge < -0.3 is 16.1 Å². The third kappa shape index (κ3) is 5.16. The summed E-state index contributed by atoms with van der Waals surface area (Å²) in [5, 5.41) is 28.7. The average molecular weight is 529 g/mol. The zero-order valence-corrected chi connectivity index (χ0v) is 22.0. The van der Waals surface area contributed by atoms with Gasteiger partial charge >= 0.3 is 0 Å². The molecule has 39 heavy (non-hydrogen) atoms. The zero-order valence-electron chi connectivity index (χ0n) is 22.0. The highest BCUT2D eigenvalue weighted by Gasteiger charge is 2.56. The highest BCUT2D eigenvalue weighted by molar-refractivity contribution is 5.99. The lowest BCUT2D eigenvalue weighted by atomic mass is 9.96. The predicted molar refractivity (Wildman–Crippen MR) is 146 cm³/mol. The first kappa shape index (κ1) is 26.2. The molecule has 5 rings (SSSR count). The number of anilines is 2. The van der Waals surface area contributed by atoms with Crippen LogP contribution in [-0.4, -0.2) is 28.5 Å². The number of aromatic nitrogens is 1. The van der Waals surface area contributed by atoms with Crippen molar-refractivity contribution in [3.05, 3.63) is 77.2 Å². The third-order valence-electron chi connectivity index (χ3n) is 7.00. The van der Waals surface area contributed by atoms with Crippen LogP contribution in [0, 0.1) is 28.1 Å². The molecule has 0 saturated heterocycles. The third-order valence-corrected chi connectivity index (χ3v) is 7.00. The number of hydrogen-bond acceptors (Lipinski definition) is 8. The normalized spacial score (nSPS) is 16.7. The highest BCUT2D eigenvalue weighted by Crippen LogP contribution is 2.47. The first-order chi connectivity index (χ1) is 18.6. The number of fused-ring (bicyclic) bond motifs is 1. The summed E-state index contributed by atoms with van der Waals surface area (Å²) < 4.78 is 27.5. The Bertz CT molecular complexity index is 1490. The smallest absolute Gasteiger partial charge is 0.262 e. The lowest BCUT2D eigenvalue weighted by Gasteiger charge is -2.25. The summed E-state index contributed by atoms with van der Waals surface area (Å²) in [7, 11) is 0. The van der Waals surface area contributed by atoms with Gasteiger partial charge in [0.25, 0.3) is 6.43 Å². The van der Waals surface area contributed by atoms with Crippen molar-refractivity contribution in [2.24, 2.45) is 5.41 Å². The zero-order chi connectivity index (χ0) is 27.8. The number of nitrogens with zero attached hydrogens (tertiary/aromatic N) is 4. The van der Waals surface area contributed by atoms with Crippen LogP contribution in [0.25, 0.3) is 10.9 Å². The number of nitrogens with one attached hydrogen (secondary N) is 4. The van der Waals surface area contributed by atoms with Crippen molar-refractivity contribution in [1.82, 2.24) is 21.0 Å². The van der Waals surface area contributed by atoms with Crippen molar-refractivity contribution in [2.45, 2.75) is 51.6 Å². The molecule has 0 bridgehead atoms. The van der Waals surface area contributed by atoms with Crippen LogP contribution in [0.2, 0.25) is 0 Å². The van der Waals surface area contributed by atoms with Gasteiger partial charge in [-0.3, -0.25) is 9.99 Å². The van der Waals surface area contributed by atoms with Crippen LogP contribution < -0.4 is 21.6 Å². The molecule has 2 aromatic carbocycles. The van der Waals surface area contributed by atoms with E-state index < -0.39 is 18.0 Å². The summed E-state index contributed by atoms with van der Waals surface area (Å²) in [6.45, 7) is 6.88. The number of hydrazine groups is 2. The Morgan fingerprint density at radius 2 is 1.82 bits per heavy atom. The van der Waals surface area contributed by atoms with Crippen molar-refractivity contribution in [3.8, 4) is 12.1 Å². The molecule has 4 N–H and O–H groups in total. The van der Waals surface area contributed by atoms with Crippen LogP contribution >= 0.6 is 0 Å². The van der Waals surface area contributed by atoms with Gasteiger partial charge in [-0.2, -0.15) is 10.5 Å². The maximum absolute atomic E-state index is 13.8. The van der Waals surface area contributed by atoms with E-state index in [4.69, 9.17) is 0 Å². The van der Waals surface area contributed by atoms with Crippen molar-refractivity contribution in [3.63, 3.8) is 0 Å². The molecule has 10 heteroatoms. The molecule has 0 radical (unpaired) electrons. The lowest BCUT2D eigenvalue weighted by Crippen LogP contribution is -2.48. The molecular weight excluding hydrogens is 498 g/mol. The standard InChI is InChI=1S/C29H30F2N8/c1-28(2,3)17-35-25-20(14-33)15-34-24-19(13-32)11-21(12-22(24)25)36-26(18-7-5-4-6-8-18)23-16-39(38-37-23)29(9-10-29)27(30)31/h4-8,11-12,15-16,26-27,36-38H,9-10,17H2,1-3H3,(H,34,35)/t26-/m0/s1. The Balaban J connectivity index is 1.57. The molecule has 0 amide bonds. The molecule has 1 saturated carbocycles. The molecular formula is C29H30F2N8. The van der Waals surface area contributed by atoms with Crippen molar-refractivity contribution >= 4 is 22.3 Å². The first-order valence-electron chi connectivity index (χ1n) is 12.8. The molecule has 2 aliphatic rings. The maximum atomic E-state index is 13.8. The van der Waals surface area contributed by atoms with Crippen molar-refractivity contribution < 1.29 is 8.78 Å². The minimum atomic E-state index is -2.48. The van der Waals surface area contributed by atoms with Gasteiger partial charge in [0, 0.05) is 30.0 Å². The molecule has 3 aromatic rings. The highest BCUT2D eigenvalue weighted by atomic mass is 19.3. The fourth-order valence-electron chi connectivity index (χ4n) is 4.66. The monoisotopic (exact) mass is 528 g/mol. The quantitative estimate of drug-likeness (QED) is 0.301. The SMILES string of the molecule is CC(C)(C)CNc1c(C#N)cnc2c(C#N)cc(N[C@H](C3=CN(C4(C(F)F)CC4)NN3)c3ccccc3)cc12. The Morgan fingerprint density at radius 3 is 2.44 bits per heavy atom. The van der Waals surface area contributed by atoms with Crippen LogP contribution in [-0.2, 0) is 0 Å². The van der Waals surface area contributed by atoms with Gasteiger partial charge in [0.1, 0.15) is 17.7 Å². The van der Waals surface area contributed by atoms with Gasteiger partial charge in [-0.05, 0) is 36.0 Å². The van der Waals surface area contributed by atoms with Gasteiger partial charge in [0.2, 0.25) is 0 Å². The summed E-state index contributed by atoms with van der Waals surface area (Å²) >= 11 is 0. The van der Waals surface area contributed by atoms with Crippen LogP contribution in [0.4, 0.5) is 20.2 Å². The topological polar surface area (TPSA) is 112 Å². The maximum Gasteiger partial charge on any atom is 0.262 e. The second-order valence-electron chi connectivity index (χ2n) is 11.2. The van der Waals surface area contributed by atoms with Gasteiger partial charge in [0.05, 0.1) is 34.1 Å². The van der Waals surface area contributed by atoms with E-state index in [2.05, 4.69) is 59.5 Å². The van der Waals surface area contributed by atoms with Gasteiger partial charge in [0.15, 0.2) is 0 Å². The Kier molecular flexibility index (Phi) is 6.75. The minimum Gasteiger partial charge on any atom is -0.383 e. The minimum absolute atomic E-state index is 0.0503. The fraction of sp³-hybridized carbons (Fsp3) is 0.345. The molecule has 1 fully saturated rings. The second kappa shape index (κ2) is 10.0. The number of nitriles is 2.